The summed E-state index contributed by atoms with van der Waals surface area (Å²) < 4.78 is 8.18. The molecular formula is C40H46Cl2N6O3. The van der Waals surface area contributed by atoms with Crippen LogP contribution in [0.2, 0.25) is 10.0 Å². The first-order valence-electron chi connectivity index (χ1n) is 18.3. The second-order valence-electron chi connectivity index (χ2n) is 14.1. The van der Waals surface area contributed by atoms with E-state index in [0.717, 1.165) is 67.5 Å². The van der Waals surface area contributed by atoms with Gasteiger partial charge in [0, 0.05) is 61.7 Å². The molecule has 4 aromatic rings. The number of rotatable bonds is 9. The molecule has 2 amide bonds. The Kier molecular flexibility index (Phi) is 11.3. The quantitative estimate of drug-likeness (QED) is 0.176. The molecule has 11 heteroatoms. The molecule has 268 valence electrons. The van der Waals surface area contributed by atoms with Gasteiger partial charge in [-0.05, 0) is 98.4 Å². The smallest absolute Gasteiger partial charge is 0.410 e. The van der Waals surface area contributed by atoms with Crippen molar-refractivity contribution in [1.82, 2.24) is 29.2 Å². The summed E-state index contributed by atoms with van der Waals surface area (Å²) in [4.78, 5) is 44.3. The summed E-state index contributed by atoms with van der Waals surface area (Å²) in [6, 6.07) is 16.9. The van der Waals surface area contributed by atoms with Crippen LogP contribution in [0.5, 0.6) is 0 Å². The normalized spacial score (nSPS) is 19.5. The highest BCUT2D eigenvalue weighted by atomic mass is 35.5. The van der Waals surface area contributed by atoms with E-state index < -0.39 is 12.1 Å². The number of halogens is 2. The zero-order valence-corrected chi connectivity index (χ0v) is 30.7. The number of aromatic nitrogens is 3. The molecule has 7 rings (SSSR count). The van der Waals surface area contributed by atoms with E-state index in [4.69, 9.17) is 32.9 Å². The highest BCUT2D eigenvalue weighted by Crippen LogP contribution is 2.38. The van der Waals surface area contributed by atoms with Gasteiger partial charge in [-0.15, -0.1) is 0 Å². The molecule has 0 N–H and O–H groups in total. The van der Waals surface area contributed by atoms with Crippen LogP contribution in [0.4, 0.5) is 4.79 Å². The van der Waals surface area contributed by atoms with Crippen molar-refractivity contribution in [2.75, 3.05) is 26.2 Å². The fraction of sp³-hybridized carbons (Fsp3) is 0.450. The summed E-state index contributed by atoms with van der Waals surface area (Å²) in [5.41, 5.74) is 6.32. The third-order valence-corrected chi connectivity index (χ3v) is 11.2. The molecule has 2 atom stereocenters. The number of hydrogen-bond donors (Lipinski definition) is 0. The van der Waals surface area contributed by atoms with E-state index in [0.29, 0.717) is 55.7 Å². The van der Waals surface area contributed by atoms with Crippen molar-refractivity contribution in [3.8, 4) is 0 Å². The minimum atomic E-state index is -0.765. The third-order valence-electron chi connectivity index (χ3n) is 10.6. The van der Waals surface area contributed by atoms with Gasteiger partial charge >= 0.3 is 6.09 Å². The zero-order chi connectivity index (χ0) is 35.3. The van der Waals surface area contributed by atoms with Crippen LogP contribution in [0, 0.1) is 6.92 Å². The van der Waals surface area contributed by atoms with Crippen molar-refractivity contribution in [3.63, 3.8) is 0 Å². The maximum atomic E-state index is 15.1. The Morgan fingerprint density at radius 3 is 2.59 bits per heavy atom. The minimum absolute atomic E-state index is 0.117. The molecule has 9 nitrogen and oxygen atoms in total. The predicted octanol–water partition coefficient (Wildman–Crippen LogP) is 7.66. The highest BCUT2D eigenvalue weighted by Gasteiger charge is 2.43. The summed E-state index contributed by atoms with van der Waals surface area (Å²) in [5.74, 6) is -0.117. The standard InChI is InChI=1S/C40H46Cl2N6O3/c1-28-24-45(27-44-28)19-8-20-47(25-31-9-5-6-13-35(31)42)39(49)36-26-46(21-22-48(36)40(50)51-33-11-3-2-4-12-33)38-34-17-16-32(41)23-30(34)15-14-29-10-7-18-43-37(29)38/h5-7,9-10,13,16-18,23-24,27,33,36,38H,2-4,8,11-12,14-15,19-22,25-26H2,1H3/t36-,38?/m1/s1. The Morgan fingerprint density at radius 1 is 0.961 bits per heavy atom. The Balaban J connectivity index is 1.22. The first kappa shape index (κ1) is 35.5. The van der Waals surface area contributed by atoms with Crippen LogP contribution in [0.3, 0.4) is 0 Å². The van der Waals surface area contributed by atoms with Crippen LogP contribution in [0.1, 0.15) is 78.2 Å². The van der Waals surface area contributed by atoms with Gasteiger partial charge in [-0.25, -0.2) is 9.78 Å². The molecule has 51 heavy (non-hydrogen) atoms. The second-order valence-corrected chi connectivity index (χ2v) is 14.9. The monoisotopic (exact) mass is 728 g/mol. The van der Waals surface area contributed by atoms with Crippen molar-refractivity contribution in [2.24, 2.45) is 0 Å². The van der Waals surface area contributed by atoms with Gasteiger partial charge in [0.15, 0.2) is 0 Å². The van der Waals surface area contributed by atoms with E-state index in [-0.39, 0.29) is 18.1 Å². The van der Waals surface area contributed by atoms with Gasteiger partial charge in [-0.2, -0.15) is 0 Å². The predicted molar refractivity (Wildman–Crippen MR) is 199 cm³/mol. The molecule has 0 spiro atoms. The Bertz CT molecular complexity index is 1840. The van der Waals surface area contributed by atoms with E-state index in [1.54, 1.807) is 4.90 Å². The molecule has 2 aromatic carbocycles. The maximum Gasteiger partial charge on any atom is 0.410 e. The lowest BCUT2D eigenvalue weighted by molar-refractivity contribution is -0.140. The number of amides is 2. The van der Waals surface area contributed by atoms with Gasteiger partial charge in [0.2, 0.25) is 5.91 Å². The Morgan fingerprint density at radius 2 is 1.78 bits per heavy atom. The lowest BCUT2D eigenvalue weighted by atomic mass is 9.95. The van der Waals surface area contributed by atoms with Gasteiger partial charge in [0.25, 0.3) is 0 Å². The molecule has 2 aliphatic carbocycles. The van der Waals surface area contributed by atoms with E-state index in [1.807, 2.05) is 71.5 Å². The Hall–Kier alpha value is -3.92. The lowest BCUT2D eigenvalue weighted by Gasteiger charge is -2.45. The van der Waals surface area contributed by atoms with E-state index in [2.05, 4.69) is 28.1 Å². The summed E-state index contributed by atoms with van der Waals surface area (Å²) in [7, 11) is 0. The number of ether oxygens (including phenoxy) is 1. The van der Waals surface area contributed by atoms with Crippen LogP contribution < -0.4 is 0 Å². The van der Waals surface area contributed by atoms with Crippen LogP contribution in [0.15, 0.2) is 73.3 Å². The van der Waals surface area contributed by atoms with Crippen LogP contribution in [0.25, 0.3) is 0 Å². The fourth-order valence-corrected chi connectivity index (χ4v) is 8.35. The van der Waals surface area contributed by atoms with Crippen molar-refractivity contribution in [2.45, 2.75) is 89.6 Å². The maximum absolute atomic E-state index is 15.1. The van der Waals surface area contributed by atoms with Gasteiger partial charge in [0.05, 0.1) is 23.8 Å². The van der Waals surface area contributed by atoms with Gasteiger partial charge in [-0.1, -0.05) is 60.0 Å². The molecule has 1 saturated carbocycles. The number of carbonyl (C=O) groups is 2. The van der Waals surface area contributed by atoms with Crippen LogP contribution in [-0.4, -0.2) is 79.6 Å². The number of piperazine rings is 1. The molecule has 1 saturated heterocycles. The SMILES string of the molecule is Cc1cn(CCCN(Cc2ccccc2Cl)C(=O)[C@H]2CN(C3c4ccc(Cl)cc4CCc4cccnc43)CCN2C(=O)OC2CCCCC2)cn1. The second kappa shape index (κ2) is 16.2. The van der Waals surface area contributed by atoms with Gasteiger partial charge < -0.3 is 14.2 Å². The van der Waals surface area contributed by atoms with E-state index in [9.17, 15) is 4.79 Å². The number of fused-ring (bicyclic) bond motifs is 2. The summed E-state index contributed by atoms with van der Waals surface area (Å²) in [5, 5.41) is 1.31. The number of nitrogens with zero attached hydrogens (tertiary/aromatic N) is 6. The summed E-state index contributed by atoms with van der Waals surface area (Å²) >= 11 is 13.2. The number of aryl methyl sites for hydroxylation is 4. The average molecular weight is 730 g/mol. The number of carbonyl (C=O) groups excluding carboxylic acids is 2. The van der Waals surface area contributed by atoms with Gasteiger partial charge in [0.1, 0.15) is 12.1 Å². The minimum Gasteiger partial charge on any atom is -0.446 e. The number of hydrogen-bond acceptors (Lipinski definition) is 6. The lowest BCUT2D eigenvalue weighted by Crippen LogP contribution is -2.62. The van der Waals surface area contributed by atoms with Crippen LogP contribution in [-0.2, 0) is 35.5 Å². The first-order valence-corrected chi connectivity index (χ1v) is 19.0. The highest BCUT2D eigenvalue weighted by molar-refractivity contribution is 6.31. The summed E-state index contributed by atoms with van der Waals surface area (Å²) in [6.07, 6.45) is 12.5. The summed E-state index contributed by atoms with van der Waals surface area (Å²) in [6.45, 7) is 4.75. The molecule has 1 aliphatic heterocycles. The average Bonchev–Trinajstić information content (AvgIpc) is 3.49. The number of imidazole rings is 1. The molecule has 0 radical (unpaired) electrons. The van der Waals surface area contributed by atoms with Gasteiger partial charge in [-0.3, -0.25) is 19.6 Å². The molecule has 3 aliphatic rings. The molecular weight excluding hydrogens is 683 g/mol. The van der Waals surface area contributed by atoms with E-state index in [1.165, 1.54) is 11.1 Å². The fourth-order valence-electron chi connectivity index (χ4n) is 7.96. The first-order chi connectivity index (χ1) is 24.8. The van der Waals surface area contributed by atoms with Crippen molar-refractivity contribution in [1.29, 1.82) is 0 Å². The van der Waals surface area contributed by atoms with Crippen molar-refractivity contribution in [3.05, 3.63) is 117 Å². The van der Waals surface area contributed by atoms with Crippen LogP contribution >= 0.6 is 23.2 Å². The molecule has 0 bridgehead atoms. The molecule has 2 aromatic heterocycles. The van der Waals surface area contributed by atoms with Crippen molar-refractivity contribution < 1.29 is 14.3 Å². The number of pyridine rings is 1. The van der Waals surface area contributed by atoms with E-state index >= 15 is 4.79 Å². The largest absolute Gasteiger partial charge is 0.446 e. The molecule has 1 unspecified atom stereocenters. The Labute approximate surface area is 310 Å². The zero-order valence-electron chi connectivity index (χ0n) is 29.2. The topological polar surface area (TPSA) is 83.8 Å². The molecule has 2 fully saturated rings. The molecule has 3 heterocycles. The number of benzene rings is 2. The third kappa shape index (κ3) is 8.27. The van der Waals surface area contributed by atoms with Crippen molar-refractivity contribution >= 4 is 35.2 Å².